The number of aromatic nitrogens is 2. The van der Waals surface area contributed by atoms with E-state index in [1.54, 1.807) is 6.07 Å². The second-order valence-corrected chi connectivity index (χ2v) is 6.85. The van der Waals surface area contributed by atoms with Crippen LogP contribution in [-0.4, -0.2) is 15.7 Å². The molecule has 3 rings (SSSR count). The molecule has 128 valence electrons. The van der Waals surface area contributed by atoms with Gasteiger partial charge < -0.3 is 5.32 Å². The van der Waals surface area contributed by atoms with Crippen molar-refractivity contribution < 1.29 is 18.0 Å². The lowest BCUT2D eigenvalue weighted by Crippen LogP contribution is -2.17. The van der Waals surface area contributed by atoms with Crippen molar-refractivity contribution in [3.63, 3.8) is 0 Å². The Morgan fingerprint density at radius 2 is 2.08 bits per heavy atom. The number of fused-ring (bicyclic) bond motifs is 1. The van der Waals surface area contributed by atoms with Gasteiger partial charge in [-0.3, -0.25) is 4.79 Å². The van der Waals surface area contributed by atoms with E-state index in [1.165, 1.54) is 5.56 Å². The van der Waals surface area contributed by atoms with Crippen LogP contribution < -0.4 is 5.32 Å². The number of carbonyl (C=O) groups is 1. The summed E-state index contributed by atoms with van der Waals surface area (Å²) in [7, 11) is 0. The molecule has 0 saturated carbocycles. The van der Waals surface area contributed by atoms with Crippen LogP contribution >= 0.6 is 0 Å². The third-order valence-corrected chi connectivity index (χ3v) is 4.50. The standard InChI is InChI=1S/C17H18F3N3O/c1-10-7-16(2,3)12-5-4-6-13(14(10)12)22-15(24)11-8-21-23(9-11)17(18,19)20/h4-6,8-10H,7H2,1-3H3,(H,22,24)/t10-/m1/s1. The molecule has 2 aromatic rings. The van der Waals surface area contributed by atoms with Crippen LogP contribution in [0.25, 0.3) is 0 Å². The second-order valence-electron chi connectivity index (χ2n) is 6.85. The number of benzene rings is 1. The molecular weight excluding hydrogens is 319 g/mol. The highest BCUT2D eigenvalue weighted by molar-refractivity contribution is 6.04. The zero-order chi connectivity index (χ0) is 17.7. The van der Waals surface area contributed by atoms with Crippen molar-refractivity contribution in [3.8, 4) is 0 Å². The third-order valence-electron chi connectivity index (χ3n) is 4.50. The Hall–Kier alpha value is -2.31. The topological polar surface area (TPSA) is 46.9 Å². The molecule has 1 aliphatic rings. The highest BCUT2D eigenvalue weighted by atomic mass is 19.4. The number of amides is 1. The SMILES string of the molecule is C[C@@H]1CC(C)(C)c2cccc(NC(=O)c3cnn(C(F)(F)F)c3)c21. The van der Waals surface area contributed by atoms with Crippen LogP contribution in [0.3, 0.4) is 0 Å². The van der Waals surface area contributed by atoms with Crippen molar-refractivity contribution in [2.45, 2.75) is 44.8 Å². The van der Waals surface area contributed by atoms with Crippen LogP contribution in [0.5, 0.6) is 0 Å². The number of alkyl halides is 3. The Morgan fingerprint density at radius 3 is 2.71 bits per heavy atom. The molecule has 0 fully saturated rings. The number of hydrogen-bond acceptors (Lipinski definition) is 2. The van der Waals surface area contributed by atoms with Gasteiger partial charge in [-0.05, 0) is 34.9 Å². The van der Waals surface area contributed by atoms with Gasteiger partial charge in [-0.2, -0.15) is 9.78 Å². The van der Waals surface area contributed by atoms with E-state index < -0.39 is 12.2 Å². The summed E-state index contributed by atoms with van der Waals surface area (Å²) in [6.45, 7) is 6.38. The number of halogens is 3. The van der Waals surface area contributed by atoms with Crippen LogP contribution in [0.15, 0.2) is 30.6 Å². The first-order chi connectivity index (χ1) is 11.1. The van der Waals surface area contributed by atoms with Gasteiger partial charge in [0.05, 0.1) is 11.8 Å². The molecule has 0 unspecified atom stereocenters. The summed E-state index contributed by atoms with van der Waals surface area (Å²) in [5, 5.41) is 5.92. The predicted molar refractivity (Wildman–Crippen MR) is 84.0 cm³/mol. The lowest BCUT2D eigenvalue weighted by Gasteiger charge is -2.19. The Morgan fingerprint density at radius 1 is 1.38 bits per heavy atom. The molecule has 0 bridgehead atoms. The van der Waals surface area contributed by atoms with E-state index in [0.29, 0.717) is 11.9 Å². The molecule has 1 atom stereocenters. The highest BCUT2D eigenvalue weighted by Gasteiger charge is 2.36. The summed E-state index contributed by atoms with van der Waals surface area (Å²) in [6, 6.07) is 5.67. The number of carbonyl (C=O) groups excluding carboxylic acids is 1. The van der Waals surface area contributed by atoms with Crippen molar-refractivity contribution in [2.75, 3.05) is 5.32 Å². The van der Waals surface area contributed by atoms with Crippen molar-refractivity contribution >= 4 is 11.6 Å². The third kappa shape index (κ3) is 2.79. The first-order valence-corrected chi connectivity index (χ1v) is 7.66. The molecule has 0 radical (unpaired) electrons. The fraction of sp³-hybridized carbons (Fsp3) is 0.412. The number of rotatable bonds is 2. The molecule has 0 aliphatic heterocycles. The van der Waals surface area contributed by atoms with Gasteiger partial charge in [0, 0.05) is 11.9 Å². The van der Waals surface area contributed by atoms with Gasteiger partial charge in [-0.15, -0.1) is 13.2 Å². The second kappa shape index (κ2) is 5.36. The predicted octanol–water partition coefficient (Wildman–Crippen LogP) is 4.40. The Kier molecular flexibility index (Phi) is 3.69. The van der Waals surface area contributed by atoms with Gasteiger partial charge in [-0.25, -0.2) is 0 Å². The summed E-state index contributed by atoms with van der Waals surface area (Å²) < 4.78 is 37.6. The van der Waals surface area contributed by atoms with Gasteiger partial charge in [0.1, 0.15) is 0 Å². The summed E-state index contributed by atoms with van der Waals surface area (Å²) in [4.78, 5) is 12.3. The Balaban J connectivity index is 1.89. The summed E-state index contributed by atoms with van der Waals surface area (Å²) in [5.74, 6) is -0.333. The number of anilines is 1. The monoisotopic (exact) mass is 337 g/mol. The van der Waals surface area contributed by atoms with Gasteiger partial charge in [0.15, 0.2) is 0 Å². The van der Waals surface area contributed by atoms with Gasteiger partial charge in [-0.1, -0.05) is 32.9 Å². The van der Waals surface area contributed by atoms with Crippen LogP contribution in [0.4, 0.5) is 18.9 Å². The maximum Gasteiger partial charge on any atom is 0.504 e. The van der Waals surface area contributed by atoms with Crippen LogP contribution in [0.1, 0.15) is 54.6 Å². The lowest BCUT2D eigenvalue weighted by atomic mass is 9.86. The summed E-state index contributed by atoms with van der Waals surface area (Å²) >= 11 is 0. The maximum absolute atomic E-state index is 12.6. The Labute approximate surface area is 137 Å². The molecule has 1 aliphatic carbocycles. The van der Waals surface area contributed by atoms with E-state index >= 15 is 0 Å². The normalized spacial score (nSPS) is 19.2. The minimum absolute atomic E-state index is 0.0106. The molecule has 4 nitrogen and oxygen atoms in total. The quantitative estimate of drug-likeness (QED) is 0.883. The van der Waals surface area contributed by atoms with E-state index in [0.717, 1.165) is 18.2 Å². The lowest BCUT2D eigenvalue weighted by molar-refractivity contribution is -0.212. The molecule has 1 N–H and O–H groups in total. The largest absolute Gasteiger partial charge is 0.504 e. The zero-order valence-corrected chi connectivity index (χ0v) is 13.6. The molecule has 7 heteroatoms. The molecule has 0 saturated heterocycles. The van der Waals surface area contributed by atoms with Crippen molar-refractivity contribution in [1.82, 2.24) is 9.78 Å². The molecule has 1 aromatic heterocycles. The smallest absolute Gasteiger partial charge is 0.322 e. The average Bonchev–Trinajstić information content (AvgIpc) is 3.03. The van der Waals surface area contributed by atoms with Crippen molar-refractivity contribution in [1.29, 1.82) is 0 Å². The first-order valence-electron chi connectivity index (χ1n) is 7.66. The van der Waals surface area contributed by atoms with Crippen LogP contribution in [0.2, 0.25) is 0 Å². The molecule has 1 amide bonds. The average molecular weight is 337 g/mol. The van der Waals surface area contributed by atoms with E-state index in [-0.39, 0.29) is 21.6 Å². The molecule has 1 heterocycles. The first kappa shape index (κ1) is 16.5. The van der Waals surface area contributed by atoms with E-state index in [1.807, 2.05) is 12.1 Å². The minimum Gasteiger partial charge on any atom is -0.322 e. The number of nitrogens with one attached hydrogen (secondary N) is 1. The number of hydrogen-bond donors (Lipinski definition) is 1. The maximum atomic E-state index is 12.6. The molecule has 24 heavy (non-hydrogen) atoms. The van der Waals surface area contributed by atoms with E-state index in [2.05, 4.69) is 31.2 Å². The fourth-order valence-corrected chi connectivity index (χ4v) is 3.55. The number of nitrogens with zero attached hydrogens (tertiary/aromatic N) is 2. The van der Waals surface area contributed by atoms with Crippen LogP contribution in [0, 0.1) is 0 Å². The Bertz CT molecular complexity index is 793. The van der Waals surface area contributed by atoms with E-state index in [4.69, 9.17) is 0 Å². The van der Waals surface area contributed by atoms with Gasteiger partial charge in [0.25, 0.3) is 5.91 Å². The highest BCUT2D eigenvalue weighted by Crippen LogP contribution is 2.48. The van der Waals surface area contributed by atoms with Crippen molar-refractivity contribution in [3.05, 3.63) is 47.3 Å². The van der Waals surface area contributed by atoms with E-state index in [9.17, 15) is 18.0 Å². The van der Waals surface area contributed by atoms with Crippen molar-refractivity contribution in [2.24, 2.45) is 0 Å². The molecular formula is C17H18F3N3O. The zero-order valence-electron chi connectivity index (χ0n) is 13.6. The minimum atomic E-state index is -4.63. The fourth-order valence-electron chi connectivity index (χ4n) is 3.55. The van der Waals surface area contributed by atoms with Gasteiger partial charge >= 0.3 is 6.30 Å². The van der Waals surface area contributed by atoms with Gasteiger partial charge in [0.2, 0.25) is 0 Å². The summed E-state index contributed by atoms with van der Waals surface area (Å²) in [5.41, 5.74) is 2.75. The molecule has 0 spiro atoms. The molecule has 1 aromatic carbocycles. The summed E-state index contributed by atoms with van der Waals surface area (Å²) in [6.07, 6.45) is -2.07. The van der Waals surface area contributed by atoms with Crippen LogP contribution in [-0.2, 0) is 11.7 Å².